The summed E-state index contributed by atoms with van der Waals surface area (Å²) in [5, 5.41) is 2.60. The summed E-state index contributed by atoms with van der Waals surface area (Å²) in [7, 11) is 3.58. The van der Waals surface area contributed by atoms with Gasteiger partial charge in [0.1, 0.15) is 11.0 Å². The van der Waals surface area contributed by atoms with Crippen LogP contribution in [0.4, 0.5) is 0 Å². The molecule has 0 aromatic carbocycles. The highest BCUT2D eigenvalue weighted by molar-refractivity contribution is 6.44. The van der Waals surface area contributed by atoms with E-state index in [1.54, 1.807) is 19.0 Å². The van der Waals surface area contributed by atoms with Gasteiger partial charge in [0.2, 0.25) is 5.91 Å². The number of nitrogens with zero attached hydrogens (tertiary/aromatic N) is 1. The lowest BCUT2D eigenvalue weighted by Crippen LogP contribution is -2.47. The lowest BCUT2D eigenvalue weighted by Gasteiger charge is -2.25. The molecule has 0 fully saturated rings. The molecule has 0 aliphatic carbocycles. The van der Waals surface area contributed by atoms with Gasteiger partial charge < -0.3 is 5.32 Å². The molecule has 0 radical (unpaired) electrons. The van der Waals surface area contributed by atoms with E-state index in [-0.39, 0.29) is 12.1 Å². The number of rotatable bonds is 3. The van der Waals surface area contributed by atoms with Crippen molar-refractivity contribution in [1.82, 2.24) is 10.2 Å². The summed E-state index contributed by atoms with van der Waals surface area (Å²) >= 11 is 11.2. The van der Waals surface area contributed by atoms with Crippen LogP contribution in [0.25, 0.3) is 0 Å². The first-order valence-electron chi connectivity index (χ1n) is 3.17. The zero-order chi connectivity index (χ0) is 9.02. The lowest BCUT2D eigenvalue weighted by atomic mass is 10.5. The number of carbonyl (C=O) groups excluding carboxylic acids is 1. The van der Waals surface area contributed by atoms with Gasteiger partial charge in [0.05, 0.1) is 0 Å². The van der Waals surface area contributed by atoms with Crippen molar-refractivity contribution >= 4 is 29.1 Å². The van der Waals surface area contributed by atoms with Crippen LogP contribution in [0.2, 0.25) is 0 Å². The van der Waals surface area contributed by atoms with E-state index in [1.165, 1.54) is 6.92 Å². The molecule has 1 N–H and O–H groups in total. The van der Waals surface area contributed by atoms with Crippen molar-refractivity contribution in [3.63, 3.8) is 0 Å². The van der Waals surface area contributed by atoms with Crippen LogP contribution < -0.4 is 5.32 Å². The first-order valence-corrected chi connectivity index (χ1v) is 4.04. The molecule has 0 saturated heterocycles. The Kier molecular flexibility index (Phi) is 4.81. The van der Waals surface area contributed by atoms with Gasteiger partial charge >= 0.3 is 0 Å². The monoisotopic (exact) mass is 198 g/mol. The Morgan fingerprint density at radius 1 is 1.45 bits per heavy atom. The van der Waals surface area contributed by atoms with Gasteiger partial charge in [0.15, 0.2) is 0 Å². The van der Waals surface area contributed by atoms with Crippen molar-refractivity contribution in [1.29, 1.82) is 0 Å². The van der Waals surface area contributed by atoms with E-state index in [0.717, 1.165) is 0 Å². The van der Waals surface area contributed by atoms with E-state index in [1.807, 2.05) is 0 Å². The molecular weight excluding hydrogens is 187 g/mol. The summed E-state index contributed by atoms with van der Waals surface area (Å²) < 4.78 is 0. The van der Waals surface area contributed by atoms with Gasteiger partial charge in [-0.25, -0.2) is 0 Å². The van der Waals surface area contributed by atoms with E-state index in [4.69, 9.17) is 23.2 Å². The maximum absolute atomic E-state index is 10.6. The molecule has 3 nitrogen and oxygen atoms in total. The quantitative estimate of drug-likeness (QED) is 0.539. The van der Waals surface area contributed by atoms with E-state index in [9.17, 15) is 4.79 Å². The molecule has 0 bridgehead atoms. The predicted octanol–water partition coefficient (Wildman–Crippen LogP) is 0.814. The molecule has 0 heterocycles. The SMILES string of the molecule is CC(=O)NC(C(Cl)Cl)N(C)C. The molecule has 66 valence electrons. The van der Waals surface area contributed by atoms with Crippen molar-refractivity contribution < 1.29 is 4.79 Å². The Bertz CT molecular complexity index is 131. The summed E-state index contributed by atoms with van der Waals surface area (Å²) in [5.74, 6) is -0.144. The zero-order valence-corrected chi connectivity index (χ0v) is 8.28. The highest BCUT2D eigenvalue weighted by Crippen LogP contribution is 2.09. The van der Waals surface area contributed by atoms with Crippen molar-refractivity contribution in [2.45, 2.75) is 17.9 Å². The van der Waals surface area contributed by atoms with Gasteiger partial charge in [-0.1, -0.05) is 0 Å². The van der Waals surface area contributed by atoms with Crippen LogP contribution >= 0.6 is 23.2 Å². The van der Waals surface area contributed by atoms with E-state index in [2.05, 4.69) is 5.32 Å². The summed E-state index contributed by atoms with van der Waals surface area (Å²) in [5.41, 5.74) is 0. The number of hydrogen-bond donors (Lipinski definition) is 1. The van der Waals surface area contributed by atoms with Crippen LogP contribution in [-0.2, 0) is 4.79 Å². The Morgan fingerprint density at radius 3 is 2.00 bits per heavy atom. The first kappa shape index (κ1) is 11.0. The number of carbonyl (C=O) groups is 1. The molecule has 5 heteroatoms. The zero-order valence-electron chi connectivity index (χ0n) is 6.77. The number of nitrogens with one attached hydrogen (secondary N) is 1. The Hall–Kier alpha value is 0.01000. The molecule has 0 rings (SSSR count). The number of halogens is 2. The third-order valence-corrected chi connectivity index (χ3v) is 1.62. The normalized spacial score (nSPS) is 13.7. The van der Waals surface area contributed by atoms with Crippen LogP contribution in [0, 0.1) is 0 Å². The van der Waals surface area contributed by atoms with Crippen LogP contribution in [0.3, 0.4) is 0 Å². The average Bonchev–Trinajstić information content (AvgIpc) is 1.81. The molecule has 11 heavy (non-hydrogen) atoms. The first-order chi connectivity index (χ1) is 4.95. The van der Waals surface area contributed by atoms with Gasteiger partial charge in [-0.2, -0.15) is 0 Å². The minimum absolute atomic E-state index is 0.144. The smallest absolute Gasteiger partial charge is 0.218 e. The molecule has 0 aromatic heterocycles. The van der Waals surface area contributed by atoms with Crippen LogP contribution in [0.5, 0.6) is 0 Å². The van der Waals surface area contributed by atoms with Crippen LogP contribution in [-0.4, -0.2) is 35.9 Å². The van der Waals surface area contributed by atoms with Crippen molar-refractivity contribution in [3.8, 4) is 0 Å². The van der Waals surface area contributed by atoms with E-state index < -0.39 is 4.84 Å². The summed E-state index contributed by atoms with van der Waals surface area (Å²) in [6.07, 6.45) is -0.323. The second-order valence-corrected chi connectivity index (χ2v) is 3.61. The Morgan fingerprint density at radius 2 is 1.91 bits per heavy atom. The maximum atomic E-state index is 10.6. The number of alkyl halides is 2. The van der Waals surface area contributed by atoms with E-state index >= 15 is 0 Å². The van der Waals surface area contributed by atoms with Gasteiger partial charge in [0.25, 0.3) is 0 Å². The minimum Gasteiger partial charge on any atom is -0.338 e. The van der Waals surface area contributed by atoms with Gasteiger partial charge in [0, 0.05) is 6.92 Å². The summed E-state index contributed by atoms with van der Waals surface area (Å²) in [6, 6.07) is 0. The number of hydrogen-bond acceptors (Lipinski definition) is 2. The molecule has 0 spiro atoms. The van der Waals surface area contributed by atoms with Crippen molar-refractivity contribution in [2.75, 3.05) is 14.1 Å². The van der Waals surface area contributed by atoms with Crippen LogP contribution in [0.1, 0.15) is 6.92 Å². The molecule has 1 unspecified atom stereocenters. The summed E-state index contributed by atoms with van der Waals surface area (Å²) in [6.45, 7) is 1.42. The standard InChI is InChI=1S/C6H12Cl2N2O/c1-4(11)9-6(5(7)8)10(2)3/h5-6H,1-3H3,(H,9,11). The highest BCUT2D eigenvalue weighted by Gasteiger charge is 2.19. The third kappa shape index (κ3) is 4.45. The molecule has 1 atom stereocenters. The molecule has 0 saturated carbocycles. The molecule has 0 aromatic rings. The van der Waals surface area contributed by atoms with Crippen molar-refractivity contribution in [2.24, 2.45) is 0 Å². The third-order valence-electron chi connectivity index (χ3n) is 1.15. The van der Waals surface area contributed by atoms with Crippen molar-refractivity contribution in [3.05, 3.63) is 0 Å². The van der Waals surface area contributed by atoms with Gasteiger partial charge in [-0.3, -0.25) is 9.69 Å². The highest BCUT2D eigenvalue weighted by atomic mass is 35.5. The summed E-state index contributed by atoms with van der Waals surface area (Å²) in [4.78, 5) is 11.7. The predicted molar refractivity (Wildman–Crippen MR) is 46.8 cm³/mol. The fourth-order valence-corrected chi connectivity index (χ4v) is 1.20. The number of amides is 1. The van der Waals surface area contributed by atoms with Gasteiger partial charge in [-0.05, 0) is 14.1 Å². The molecular formula is C6H12Cl2N2O. The van der Waals surface area contributed by atoms with Gasteiger partial charge in [-0.15, -0.1) is 23.2 Å². The lowest BCUT2D eigenvalue weighted by molar-refractivity contribution is -0.120. The molecule has 0 aliphatic heterocycles. The largest absolute Gasteiger partial charge is 0.338 e. The van der Waals surface area contributed by atoms with Crippen LogP contribution in [0.15, 0.2) is 0 Å². The second-order valence-electron chi connectivity index (χ2n) is 2.44. The minimum atomic E-state index is -0.617. The average molecular weight is 199 g/mol. The fourth-order valence-electron chi connectivity index (χ4n) is 0.626. The topological polar surface area (TPSA) is 32.3 Å². The Labute approximate surface area is 76.6 Å². The fraction of sp³-hybridized carbons (Fsp3) is 0.833. The Balaban J connectivity index is 4.00. The van der Waals surface area contributed by atoms with E-state index in [0.29, 0.717) is 0 Å². The maximum Gasteiger partial charge on any atom is 0.218 e. The second kappa shape index (κ2) is 4.80. The molecule has 1 amide bonds. The molecule has 0 aliphatic rings.